The molecule has 0 spiro atoms. The molecule has 1 aliphatic carbocycles. The minimum atomic E-state index is -0.0292. The number of aromatic hydroxyl groups is 1. The van der Waals surface area contributed by atoms with Crippen molar-refractivity contribution >= 4 is 6.03 Å². The van der Waals surface area contributed by atoms with E-state index >= 15 is 0 Å². The highest BCUT2D eigenvalue weighted by Crippen LogP contribution is 2.36. The quantitative estimate of drug-likeness (QED) is 0.883. The third-order valence-corrected chi connectivity index (χ3v) is 5.40. The summed E-state index contributed by atoms with van der Waals surface area (Å²) in [6, 6.07) is 5.64. The lowest BCUT2D eigenvalue weighted by Crippen LogP contribution is -2.42. The fourth-order valence-corrected chi connectivity index (χ4v) is 4.18. The standard InChI is InChI=1S/C19H24N4O2/c1-22-12-13(11-20-22)17-8-4-10-23(17)19(25)21-16-7-2-6-15-14(16)5-3-9-18(15)24/h3,5,9,11-12,16-17,24H,2,4,6-8,10H2,1H3,(H,21,25)/t16-,17-/m0/s1. The van der Waals surface area contributed by atoms with Crippen molar-refractivity contribution in [2.45, 2.75) is 44.2 Å². The van der Waals surface area contributed by atoms with Crippen LogP contribution in [-0.2, 0) is 13.5 Å². The highest BCUT2D eigenvalue weighted by atomic mass is 16.3. The van der Waals surface area contributed by atoms with E-state index in [1.807, 2.05) is 36.5 Å². The van der Waals surface area contributed by atoms with Crippen LogP contribution in [0.25, 0.3) is 0 Å². The van der Waals surface area contributed by atoms with Crippen LogP contribution in [0.15, 0.2) is 30.6 Å². The summed E-state index contributed by atoms with van der Waals surface area (Å²) in [6.45, 7) is 0.769. The van der Waals surface area contributed by atoms with E-state index in [0.717, 1.165) is 55.3 Å². The van der Waals surface area contributed by atoms with Gasteiger partial charge < -0.3 is 15.3 Å². The molecule has 2 aromatic rings. The van der Waals surface area contributed by atoms with Gasteiger partial charge in [-0.25, -0.2) is 4.79 Å². The van der Waals surface area contributed by atoms with Crippen LogP contribution >= 0.6 is 0 Å². The molecule has 1 aromatic carbocycles. The number of rotatable bonds is 2. The Bertz CT molecular complexity index is 785. The molecule has 2 heterocycles. The number of nitrogens with one attached hydrogen (secondary N) is 1. The second-order valence-electron chi connectivity index (χ2n) is 7.04. The smallest absolute Gasteiger partial charge is 0.318 e. The Morgan fingerprint density at radius 3 is 3.00 bits per heavy atom. The molecule has 6 nitrogen and oxygen atoms in total. The first-order valence-corrected chi connectivity index (χ1v) is 9.00. The topological polar surface area (TPSA) is 70.4 Å². The van der Waals surface area contributed by atoms with Crippen LogP contribution in [0.5, 0.6) is 5.75 Å². The number of likely N-dealkylation sites (tertiary alicyclic amines) is 1. The van der Waals surface area contributed by atoms with E-state index in [1.54, 1.807) is 10.7 Å². The van der Waals surface area contributed by atoms with E-state index in [4.69, 9.17) is 0 Å². The minimum Gasteiger partial charge on any atom is -0.508 e. The van der Waals surface area contributed by atoms with Gasteiger partial charge in [0, 0.05) is 25.4 Å². The number of hydrogen-bond donors (Lipinski definition) is 2. The van der Waals surface area contributed by atoms with Crippen molar-refractivity contribution in [1.29, 1.82) is 0 Å². The molecule has 6 heteroatoms. The number of hydrogen-bond acceptors (Lipinski definition) is 3. The summed E-state index contributed by atoms with van der Waals surface area (Å²) in [6.07, 6.45) is 8.58. The van der Waals surface area contributed by atoms with E-state index in [0.29, 0.717) is 5.75 Å². The first-order valence-electron chi connectivity index (χ1n) is 9.00. The Labute approximate surface area is 147 Å². The van der Waals surface area contributed by atoms with Gasteiger partial charge in [-0.1, -0.05) is 12.1 Å². The van der Waals surface area contributed by atoms with Crippen molar-refractivity contribution in [2.75, 3.05) is 6.54 Å². The zero-order chi connectivity index (χ0) is 17.4. The molecule has 2 N–H and O–H groups in total. The zero-order valence-corrected chi connectivity index (χ0v) is 14.5. The number of benzene rings is 1. The van der Waals surface area contributed by atoms with E-state index < -0.39 is 0 Å². The van der Waals surface area contributed by atoms with Gasteiger partial charge in [-0.3, -0.25) is 4.68 Å². The molecule has 1 aliphatic heterocycles. The van der Waals surface area contributed by atoms with Gasteiger partial charge in [-0.15, -0.1) is 0 Å². The second kappa shape index (κ2) is 6.43. The van der Waals surface area contributed by atoms with E-state index in [1.165, 1.54) is 0 Å². The zero-order valence-electron chi connectivity index (χ0n) is 14.5. The molecule has 0 saturated carbocycles. The summed E-state index contributed by atoms with van der Waals surface area (Å²) in [7, 11) is 1.90. The number of aromatic nitrogens is 2. The largest absolute Gasteiger partial charge is 0.508 e. The van der Waals surface area contributed by atoms with Crippen LogP contribution in [0.1, 0.15) is 54.5 Å². The fraction of sp³-hybridized carbons (Fsp3) is 0.474. The van der Waals surface area contributed by atoms with Gasteiger partial charge >= 0.3 is 6.03 Å². The number of phenolic OH excluding ortho intramolecular Hbond substituents is 1. The fourth-order valence-electron chi connectivity index (χ4n) is 4.18. The van der Waals surface area contributed by atoms with Gasteiger partial charge in [0.15, 0.2) is 0 Å². The summed E-state index contributed by atoms with van der Waals surface area (Å²) in [5.41, 5.74) is 3.12. The molecule has 0 bridgehead atoms. The van der Waals surface area contributed by atoms with Crippen molar-refractivity contribution in [3.05, 3.63) is 47.3 Å². The molecule has 0 radical (unpaired) electrons. The summed E-state index contributed by atoms with van der Waals surface area (Å²) in [5.74, 6) is 0.339. The maximum atomic E-state index is 12.9. The molecule has 1 aromatic heterocycles. The maximum absolute atomic E-state index is 12.9. The number of carbonyl (C=O) groups excluding carboxylic acids is 1. The van der Waals surface area contributed by atoms with Crippen molar-refractivity contribution in [3.8, 4) is 5.75 Å². The third-order valence-electron chi connectivity index (χ3n) is 5.40. The molecule has 4 rings (SSSR count). The Morgan fingerprint density at radius 2 is 2.20 bits per heavy atom. The molecule has 2 amide bonds. The number of fused-ring (bicyclic) bond motifs is 1. The lowest BCUT2D eigenvalue weighted by Gasteiger charge is -2.31. The van der Waals surface area contributed by atoms with Crippen LogP contribution in [0.2, 0.25) is 0 Å². The van der Waals surface area contributed by atoms with Gasteiger partial charge in [-0.2, -0.15) is 5.10 Å². The highest BCUT2D eigenvalue weighted by molar-refractivity contribution is 5.76. The third kappa shape index (κ3) is 2.97. The number of urea groups is 1. The number of aryl methyl sites for hydroxylation is 1. The molecule has 0 unspecified atom stereocenters. The summed E-state index contributed by atoms with van der Waals surface area (Å²) < 4.78 is 1.78. The second-order valence-corrected chi connectivity index (χ2v) is 7.04. The minimum absolute atomic E-state index is 0.0208. The SMILES string of the molecule is Cn1cc([C@@H]2CCCN2C(=O)N[C@H]2CCCc3c(O)cccc32)cn1. The van der Waals surface area contributed by atoms with Gasteiger partial charge in [0.25, 0.3) is 0 Å². The Kier molecular flexibility index (Phi) is 4.11. The molecule has 132 valence electrons. The van der Waals surface area contributed by atoms with Gasteiger partial charge in [0.2, 0.25) is 0 Å². The number of amides is 2. The molecular formula is C19H24N4O2. The Morgan fingerprint density at radius 1 is 1.32 bits per heavy atom. The van der Waals surface area contributed by atoms with Gasteiger partial charge in [0.05, 0.1) is 18.3 Å². The predicted molar refractivity (Wildman–Crippen MR) is 94.2 cm³/mol. The van der Waals surface area contributed by atoms with Gasteiger partial charge in [-0.05, 0) is 49.3 Å². The first kappa shape index (κ1) is 16.0. The van der Waals surface area contributed by atoms with Crippen molar-refractivity contribution in [2.24, 2.45) is 7.05 Å². The van der Waals surface area contributed by atoms with Crippen LogP contribution in [-0.4, -0.2) is 32.4 Å². The van der Waals surface area contributed by atoms with Crippen LogP contribution in [0.3, 0.4) is 0 Å². The maximum Gasteiger partial charge on any atom is 0.318 e. The Hall–Kier alpha value is -2.50. The van der Waals surface area contributed by atoms with Gasteiger partial charge in [0.1, 0.15) is 5.75 Å². The average Bonchev–Trinajstić information content (AvgIpc) is 3.24. The normalized spacial score (nSPS) is 22.7. The van der Waals surface area contributed by atoms with Crippen LogP contribution in [0, 0.1) is 0 Å². The van der Waals surface area contributed by atoms with Crippen molar-refractivity contribution in [1.82, 2.24) is 20.0 Å². The van der Waals surface area contributed by atoms with Crippen LogP contribution in [0.4, 0.5) is 4.79 Å². The first-order chi connectivity index (χ1) is 12.1. The molecular weight excluding hydrogens is 316 g/mol. The molecule has 2 aliphatic rings. The van der Waals surface area contributed by atoms with E-state index in [9.17, 15) is 9.90 Å². The summed E-state index contributed by atoms with van der Waals surface area (Å²) >= 11 is 0. The average molecular weight is 340 g/mol. The van der Waals surface area contributed by atoms with E-state index in [-0.39, 0.29) is 18.1 Å². The molecule has 1 saturated heterocycles. The predicted octanol–water partition coefficient (Wildman–Crippen LogP) is 3.05. The molecule has 2 atom stereocenters. The molecule has 1 fully saturated rings. The highest BCUT2D eigenvalue weighted by Gasteiger charge is 2.33. The number of phenols is 1. The van der Waals surface area contributed by atoms with E-state index in [2.05, 4.69) is 10.4 Å². The lowest BCUT2D eigenvalue weighted by atomic mass is 9.87. The number of carbonyl (C=O) groups is 1. The van der Waals surface area contributed by atoms with Crippen molar-refractivity contribution in [3.63, 3.8) is 0 Å². The number of nitrogens with zero attached hydrogens (tertiary/aromatic N) is 3. The molecule has 25 heavy (non-hydrogen) atoms. The summed E-state index contributed by atoms with van der Waals surface area (Å²) in [5, 5.41) is 17.5. The Balaban J connectivity index is 1.52. The monoisotopic (exact) mass is 340 g/mol. The lowest BCUT2D eigenvalue weighted by molar-refractivity contribution is 0.187. The van der Waals surface area contributed by atoms with Crippen LogP contribution < -0.4 is 5.32 Å². The van der Waals surface area contributed by atoms with Crippen molar-refractivity contribution < 1.29 is 9.90 Å². The summed E-state index contributed by atoms with van der Waals surface area (Å²) in [4.78, 5) is 14.8.